The van der Waals surface area contributed by atoms with Gasteiger partial charge in [-0.25, -0.2) is 0 Å². The molecule has 0 saturated carbocycles. The Balaban J connectivity index is -0.00000118. The maximum Gasteiger partial charge on any atom is 0.306 e. The number of rotatable bonds is 38. The third-order valence-corrected chi connectivity index (χ3v) is 9.64. The molecule has 0 aliphatic heterocycles. The third-order valence-electron chi connectivity index (χ3n) is 9.64. The van der Waals surface area contributed by atoms with E-state index in [2.05, 4.69) is 39.9 Å². The van der Waals surface area contributed by atoms with Gasteiger partial charge in [0.25, 0.3) is 0 Å². The van der Waals surface area contributed by atoms with Crippen LogP contribution in [0, 0.1) is 0 Å². The summed E-state index contributed by atoms with van der Waals surface area (Å²) >= 11 is 0. The Bertz CT molecular complexity index is 804. The average molecular weight is 860 g/mol. The van der Waals surface area contributed by atoms with Crippen LogP contribution in [0.5, 0.6) is 0 Å². The molecule has 0 bridgehead atoms. The van der Waals surface area contributed by atoms with Gasteiger partial charge in [-0.15, -0.1) is 0 Å². The molecule has 0 aliphatic carbocycles. The first kappa shape index (κ1) is 66.9. The maximum absolute atomic E-state index is 12.4. The second-order valence-corrected chi connectivity index (χ2v) is 14.6. The standard InChI is InChI=1S/C43H81NO8.4C2H6/c1-6-11-22-28-38(9-4)51-42(47)32-26-20-16-14-18-24-30-40(45)49-35-37(44-34-13-8-3)36-50-41(46)31-25-19-15-17-21-27-33-43(48)52-39(10-5)29-23-12-7-2;4*1-2/h37-39,44H,6-36H2,1-5H3;4*1-2H3. The number of unbranched alkanes of at least 4 members (excludes halogenated alkanes) is 15. The minimum absolute atomic E-state index is 0.0587. The van der Waals surface area contributed by atoms with Crippen molar-refractivity contribution in [3.63, 3.8) is 0 Å². The molecule has 1 N–H and O–H groups in total. The molecule has 0 radical (unpaired) electrons. The van der Waals surface area contributed by atoms with Gasteiger partial charge in [-0.2, -0.15) is 0 Å². The Kier molecular flexibility index (Phi) is 65.7. The van der Waals surface area contributed by atoms with Gasteiger partial charge in [0.2, 0.25) is 0 Å². The Hall–Kier alpha value is -2.16. The minimum Gasteiger partial charge on any atom is -0.464 e. The zero-order chi connectivity index (χ0) is 46.5. The first-order chi connectivity index (χ1) is 29.3. The Morgan fingerprint density at radius 3 is 0.983 bits per heavy atom. The van der Waals surface area contributed by atoms with E-state index in [0.29, 0.717) is 25.7 Å². The van der Waals surface area contributed by atoms with Gasteiger partial charge in [-0.05, 0) is 77.2 Å². The molecular formula is C51H105NO8. The number of nitrogens with one attached hydrogen (secondary N) is 1. The predicted molar refractivity (Wildman–Crippen MR) is 257 cm³/mol. The summed E-state index contributed by atoms with van der Waals surface area (Å²) in [5, 5.41) is 3.37. The summed E-state index contributed by atoms with van der Waals surface area (Å²) in [6.45, 7) is 27.8. The van der Waals surface area contributed by atoms with Crippen molar-refractivity contribution in [3.05, 3.63) is 0 Å². The van der Waals surface area contributed by atoms with E-state index in [-0.39, 0.29) is 55.3 Å². The van der Waals surface area contributed by atoms with Crippen LogP contribution >= 0.6 is 0 Å². The van der Waals surface area contributed by atoms with Gasteiger partial charge in [0.15, 0.2) is 0 Å². The van der Waals surface area contributed by atoms with Crippen LogP contribution in [0.4, 0.5) is 0 Å². The monoisotopic (exact) mass is 860 g/mol. The molecule has 9 nitrogen and oxygen atoms in total. The minimum atomic E-state index is -0.217. The highest BCUT2D eigenvalue weighted by Crippen LogP contribution is 2.15. The molecule has 0 rings (SSSR count). The summed E-state index contributed by atoms with van der Waals surface area (Å²) in [4.78, 5) is 49.1. The Labute approximate surface area is 374 Å². The van der Waals surface area contributed by atoms with E-state index in [1.165, 1.54) is 25.7 Å². The first-order valence-electron chi connectivity index (χ1n) is 25.7. The maximum atomic E-state index is 12.4. The molecule has 0 aromatic rings. The van der Waals surface area contributed by atoms with Crippen LogP contribution in [-0.4, -0.2) is 61.9 Å². The van der Waals surface area contributed by atoms with Crippen LogP contribution in [0.15, 0.2) is 0 Å². The summed E-state index contributed by atoms with van der Waals surface area (Å²) in [5.41, 5.74) is 0. The summed E-state index contributed by atoms with van der Waals surface area (Å²) in [6, 6.07) is -0.217. The van der Waals surface area contributed by atoms with E-state index in [0.717, 1.165) is 135 Å². The quantitative estimate of drug-likeness (QED) is 0.0368. The summed E-state index contributed by atoms with van der Waals surface area (Å²) in [6.07, 6.45) is 25.9. The van der Waals surface area contributed by atoms with Crippen molar-refractivity contribution < 1.29 is 38.1 Å². The largest absolute Gasteiger partial charge is 0.464 e. The van der Waals surface area contributed by atoms with Crippen molar-refractivity contribution >= 4 is 23.9 Å². The van der Waals surface area contributed by atoms with Crippen LogP contribution in [-0.2, 0) is 38.1 Å². The van der Waals surface area contributed by atoms with Gasteiger partial charge >= 0.3 is 23.9 Å². The molecule has 2 atom stereocenters. The highest BCUT2D eigenvalue weighted by atomic mass is 16.6. The molecule has 0 heterocycles. The molecule has 0 spiro atoms. The second-order valence-electron chi connectivity index (χ2n) is 14.6. The molecule has 0 fully saturated rings. The van der Waals surface area contributed by atoms with Crippen LogP contribution in [0.25, 0.3) is 0 Å². The molecule has 0 aromatic carbocycles. The molecular weight excluding hydrogens is 755 g/mol. The summed E-state index contributed by atoms with van der Waals surface area (Å²) < 4.78 is 22.4. The van der Waals surface area contributed by atoms with Crippen molar-refractivity contribution in [2.45, 2.75) is 288 Å². The fraction of sp³-hybridized carbons (Fsp3) is 0.922. The van der Waals surface area contributed by atoms with Crippen LogP contribution in [0.1, 0.15) is 270 Å². The Morgan fingerprint density at radius 1 is 0.383 bits per heavy atom. The van der Waals surface area contributed by atoms with Crippen molar-refractivity contribution in [1.82, 2.24) is 5.32 Å². The number of hydrogen-bond acceptors (Lipinski definition) is 9. The molecule has 0 aromatic heterocycles. The smallest absolute Gasteiger partial charge is 0.306 e. The van der Waals surface area contributed by atoms with Crippen molar-refractivity contribution in [2.75, 3.05) is 19.8 Å². The van der Waals surface area contributed by atoms with Gasteiger partial charge < -0.3 is 24.3 Å². The zero-order valence-electron chi connectivity index (χ0n) is 42.4. The van der Waals surface area contributed by atoms with Crippen molar-refractivity contribution in [1.29, 1.82) is 0 Å². The molecule has 9 heteroatoms. The summed E-state index contributed by atoms with van der Waals surface area (Å²) in [5.74, 6) is -0.580. The van der Waals surface area contributed by atoms with Gasteiger partial charge in [0, 0.05) is 25.7 Å². The number of ether oxygens (including phenoxy) is 4. The van der Waals surface area contributed by atoms with Crippen LogP contribution in [0.2, 0.25) is 0 Å². The lowest BCUT2D eigenvalue weighted by molar-refractivity contribution is -0.150. The molecule has 0 amide bonds. The molecule has 0 aliphatic rings. The third kappa shape index (κ3) is 52.0. The predicted octanol–water partition coefficient (Wildman–Crippen LogP) is 15.0. The van der Waals surface area contributed by atoms with E-state index < -0.39 is 0 Å². The first-order valence-corrected chi connectivity index (χ1v) is 25.7. The van der Waals surface area contributed by atoms with Gasteiger partial charge in [0.05, 0.1) is 6.04 Å². The lowest BCUT2D eigenvalue weighted by atomic mass is 10.1. The fourth-order valence-corrected chi connectivity index (χ4v) is 6.10. The molecule has 60 heavy (non-hydrogen) atoms. The number of carbonyl (C=O) groups excluding carboxylic acids is 4. The highest BCUT2D eigenvalue weighted by Gasteiger charge is 2.16. The lowest BCUT2D eigenvalue weighted by Crippen LogP contribution is -2.39. The SMILES string of the molecule is CC.CC.CC.CC.CCCCCC(CC)OC(=O)CCCCCCCCC(=O)OCC(COC(=O)CCCCCCCCC(=O)OC(CC)CCCCC)NCCCC. The van der Waals surface area contributed by atoms with Gasteiger partial charge in [-0.3, -0.25) is 19.2 Å². The van der Waals surface area contributed by atoms with E-state index in [1.54, 1.807) is 0 Å². The van der Waals surface area contributed by atoms with Gasteiger partial charge in [-0.1, -0.05) is 173 Å². The summed E-state index contributed by atoms with van der Waals surface area (Å²) in [7, 11) is 0. The van der Waals surface area contributed by atoms with Crippen molar-refractivity contribution in [2.24, 2.45) is 0 Å². The van der Waals surface area contributed by atoms with E-state index >= 15 is 0 Å². The van der Waals surface area contributed by atoms with Gasteiger partial charge in [0.1, 0.15) is 25.4 Å². The van der Waals surface area contributed by atoms with E-state index in [1.807, 2.05) is 55.4 Å². The van der Waals surface area contributed by atoms with E-state index in [4.69, 9.17) is 18.9 Å². The number of hydrogen-bond donors (Lipinski definition) is 1. The average Bonchev–Trinajstić information content (AvgIpc) is 3.28. The molecule has 2 unspecified atom stereocenters. The fourth-order valence-electron chi connectivity index (χ4n) is 6.10. The second kappa shape index (κ2) is 58.9. The molecule has 362 valence electrons. The van der Waals surface area contributed by atoms with Crippen LogP contribution < -0.4 is 5.32 Å². The van der Waals surface area contributed by atoms with E-state index in [9.17, 15) is 19.2 Å². The number of carbonyl (C=O) groups is 4. The Morgan fingerprint density at radius 2 is 0.683 bits per heavy atom. The normalized spacial score (nSPS) is 11.6. The topological polar surface area (TPSA) is 117 Å². The zero-order valence-corrected chi connectivity index (χ0v) is 42.4. The van der Waals surface area contributed by atoms with Crippen LogP contribution in [0.3, 0.4) is 0 Å². The lowest BCUT2D eigenvalue weighted by Gasteiger charge is -2.19. The number of esters is 4. The highest BCUT2D eigenvalue weighted by molar-refractivity contribution is 5.70. The van der Waals surface area contributed by atoms with Crippen molar-refractivity contribution in [3.8, 4) is 0 Å². The molecule has 0 saturated heterocycles.